The van der Waals surface area contributed by atoms with Crippen LogP contribution in [0.3, 0.4) is 0 Å². The molecule has 2 aliphatic rings. The molecule has 0 radical (unpaired) electrons. The van der Waals surface area contributed by atoms with Gasteiger partial charge < -0.3 is 19.5 Å². The molecule has 0 spiro atoms. The van der Waals surface area contributed by atoms with E-state index in [-0.39, 0.29) is 24.6 Å². The molecule has 2 aromatic rings. The maximum atomic E-state index is 13.1. The lowest BCUT2D eigenvalue weighted by Gasteiger charge is -2.49. The molecular weight excluding hydrogens is 530 g/mol. The Bertz CT molecular complexity index is 1370. The van der Waals surface area contributed by atoms with Gasteiger partial charge in [0.25, 0.3) is 17.5 Å². The molecule has 1 N–H and O–H groups in total. The van der Waals surface area contributed by atoms with Crippen LogP contribution in [0.4, 0.5) is 5.69 Å². The van der Waals surface area contributed by atoms with Gasteiger partial charge in [0.05, 0.1) is 4.92 Å². The van der Waals surface area contributed by atoms with Crippen LogP contribution in [0.2, 0.25) is 0 Å². The number of nitro benzene ring substituents is 1. The van der Waals surface area contributed by atoms with Crippen LogP contribution in [0.1, 0.15) is 19.4 Å². The van der Waals surface area contributed by atoms with Crippen LogP contribution >= 0.6 is 11.8 Å². The molecule has 2 aliphatic heterocycles. The van der Waals surface area contributed by atoms with E-state index in [0.29, 0.717) is 21.8 Å². The first-order chi connectivity index (χ1) is 18.7. The highest BCUT2D eigenvalue weighted by atomic mass is 32.2. The molecule has 0 bridgehead atoms. The molecule has 0 saturated carbocycles. The topological polar surface area (TPSA) is 154 Å². The second-order valence-corrected chi connectivity index (χ2v) is 9.59. The van der Waals surface area contributed by atoms with E-state index in [1.807, 2.05) is 0 Å². The Kier molecular flexibility index (Phi) is 8.30. The van der Waals surface area contributed by atoms with Crippen molar-refractivity contribution < 1.29 is 38.3 Å². The van der Waals surface area contributed by atoms with Crippen molar-refractivity contribution in [3.63, 3.8) is 0 Å². The van der Waals surface area contributed by atoms with E-state index in [4.69, 9.17) is 14.2 Å². The maximum Gasteiger partial charge on any atom is 0.355 e. The fourth-order valence-corrected chi connectivity index (χ4v) is 5.06. The number of hydrogen-bond donors (Lipinski definition) is 1. The molecular formula is C26H23N3O9S. The number of ether oxygens (including phenoxy) is 3. The van der Waals surface area contributed by atoms with Crippen molar-refractivity contribution in [2.75, 3.05) is 6.61 Å². The summed E-state index contributed by atoms with van der Waals surface area (Å²) in [4.78, 5) is 62.0. The van der Waals surface area contributed by atoms with E-state index in [0.717, 1.165) is 11.8 Å². The summed E-state index contributed by atoms with van der Waals surface area (Å²) in [6, 6.07) is 13.2. The Morgan fingerprint density at radius 1 is 1.13 bits per heavy atom. The summed E-state index contributed by atoms with van der Waals surface area (Å²) in [6.07, 6.45) is 1.18. The Hall–Kier alpha value is -4.65. The van der Waals surface area contributed by atoms with E-state index in [1.165, 1.54) is 42.4 Å². The van der Waals surface area contributed by atoms with E-state index in [9.17, 15) is 29.3 Å². The zero-order valence-corrected chi connectivity index (χ0v) is 21.6. The number of allylic oxidation sites excluding steroid dienone is 1. The fraction of sp³-hybridized carbons (Fsp3) is 0.231. The minimum Gasteiger partial charge on any atom is -0.484 e. The first-order valence-electron chi connectivity index (χ1n) is 11.6. The average molecular weight is 554 g/mol. The number of para-hydroxylation sites is 1. The van der Waals surface area contributed by atoms with Crippen LogP contribution in [0, 0.1) is 10.1 Å². The Balaban J connectivity index is 1.48. The molecule has 2 atom stereocenters. The molecule has 12 nitrogen and oxygen atoms in total. The Morgan fingerprint density at radius 2 is 1.82 bits per heavy atom. The third-order valence-electron chi connectivity index (χ3n) is 5.73. The Labute approximate surface area is 226 Å². The lowest BCUT2D eigenvalue weighted by Crippen LogP contribution is -2.70. The van der Waals surface area contributed by atoms with Gasteiger partial charge in [-0.2, -0.15) is 0 Å². The smallest absolute Gasteiger partial charge is 0.355 e. The molecule has 1 unspecified atom stereocenters. The van der Waals surface area contributed by atoms with Crippen LogP contribution in [-0.4, -0.2) is 51.6 Å². The van der Waals surface area contributed by atoms with Gasteiger partial charge >= 0.3 is 11.9 Å². The third kappa shape index (κ3) is 6.26. The molecule has 0 aliphatic carbocycles. The molecule has 2 aromatic carbocycles. The van der Waals surface area contributed by atoms with Crippen LogP contribution in [0.15, 0.2) is 77.0 Å². The van der Waals surface area contributed by atoms with Gasteiger partial charge in [0.15, 0.2) is 6.61 Å². The van der Waals surface area contributed by atoms with Crippen molar-refractivity contribution in [3.8, 4) is 5.75 Å². The molecule has 39 heavy (non-hydrogen) atoms. The zero-order chi connectivity index (χ0) is 28.1. The number of β-lactam (4-membered cyclic amide) rings is 1. The van der Waals surface area contributed by atoms with Gasteiger partial charge in [0.2, 0.25) is 0 Å². The highest BCUT2D eigenvalue weighted by Gasteiger charge is 2.55. The standard InChI is InChI=1S/C26H23N3O9S/c1-15-20(13-36-16(2)30)39-25-22(27-21(31)14-37-19-6-4-3-5-7-19)24(32)28(25)23(15)26(33)38-12-17-8-10-18(11-9-17)29(34)35/h3-11,13,22,25H,12,14H2,1-2H3,(H,27,31)/t22?,25-/m1/s1. The number of nitro groups is 1. The summed E-state index contributed by atoms with van der Waals surface area (Å²) in [5.41, 5.74) is 0.680. The van der Waals surface area contributed by atoms with Crippen molar-refractivity contribution in [1.82, 2.24) is 10.2 Å². The van der Waals surface area contributed by atoms with Gasteiger partial charge in [-0.05, 0) is 42.3 Å². The average Bonchev–Trinajstić information content (AvgIpc) is 2.93. The van der Waals surface area contributed by atoms with Crippen LogP contribution in [0.5, 0.6) is 5.75 Å². The number of nitrogens with one attached hydrogen (secondary N) is 1. The van der Waals surface area contributed by atoms with Gasteiger partial charge in [0, 0.05) is 24.0 Å². The number of benzene rings is 2. The molecule has 0 aromatic heterocycles. The molecule has 1 fully saturated rings. The van der Waals surface area contributed by atoms with Gasteiger partial charge in [-0.3, -0.25) is 29.4 Å². The number of hydrogen-bond acceptors (Lipinski definition) is 10. The molecule has 1 saturated heterocycles. The summed E-state index contributed by atoms with van der Waals surface area (Å²) < 4.78 is 15.8. The zero-order valence-electron chi connectivity index (χ0n) is 20.8. The highest BCUT2D eigenvalue weighted by molar-refractivity contribution is 8.04. The normalized spacial score (nSPS) is 19.1. The van der Waals surface area contributed by atoms with Gasteiger partial charge in [-0.1, -0.05) is 30.0 Å². The van der Waals surface area contributed by atoms with Crippen LogP contribution in [-0.2, 0) is 35.3 Å². The number of nitrogens with zero attached hydrogens (tertiary/aromatic N) is 2. The minimum atomic E-state index is -0.965. The number of carbonyl (C=O) groups is 4. The summed E-state index contributed by atoms with van der Waals surface area (Å²) >= 11 is 1.14. The second-order valence-electron chi connectivity index (χ2n) is 8.43. The third-order valence-corrected chi connectivity index (χ3v) is 7.11. The quantitative estimate of drug-likeness (QED) is 0.161. The van der Waals surface area contributed by atoms with Crippen molar-refractivity contribution in [3.05, 3.63) is 92.7 Å². The molecule has 13 heteroatoms. The Morgan fingerprint density at radius 3 is 2.46 bits per heavy atom. The van der Waals surface area contributed by atoms with Crippen molar-refractivity contribution in [1.29, 1.82) is 0 Å². The van der Waals surface area contributed by atoms with Gasteiger partial charge in [-0.25, -0.2) is 4.79 Å². The van der Waals surface area contributed by atoms with E-state index >= 15 is 0 Å². The first kappa shape index (κ1) is 27.4. The number of rotatable bonds is 9. The second kappa shape index (κ2) is 11.8. The number of thioether (sulfide) groups is 1. The summed E-state index contributed by atoms with van der Waals surface area (Å²) in [5, 5.41) is 12.8. The van der Waals surface area contributed by atoms with Gasteiger partial charge in [0.1, 0.15) is 35.7 Å². The number of non-ortho nitro benzene ring substituents is 1. The van der Waals surface area contributed by atoms with Crippen molar-refractivity contribution in [2.24, 2.45) is 0 Å². The SMILES string of the molecule is CC(=O)OC=C1S[C@@H]2C(NC(=O)COc3ccccc3)C(=O)N2C(C(=O)OCc2ccc([N+](=O)[O-])cc2)=C1C. The van der Waals surface area contributed by atoms with Crippen LogP contribution < -0.4 is 10.1 Å². The summed E-state index contributed by atoms with van der Waals surface area (Å²) in [5.74, 6) is -1.96. The van der Waals surface area contributed by atoms with E-state index in [1.54, 1.807) is 37.3 Å². The van der Waals surface area contributed by atoms with Crippen molar-refractivity contribution >= 4 is 41.2 Å². The number of carbonyl (C=O) groups excluding carboxylic acids is 4. The lowest BCUT2D eigenvalue weighted by atomic mass is 10.0. The number of fused-ring (bicyclic) bond motifs is 1. The predicted octanol–water partition coefficient (Wildman–Crippen LogP) is 2.80. The van der Waals surface area contributed by atoms with E-state index in [2.05, 4.69) is 5.32 Å². The molecule has 2 amide bonds. The summed E-state index contributed by atoms with van der Waals surface area (Å²) in [6.45, 7) is 2.28. The molecule has 2 heterocycles. The highest BCUT2D eigenvalue weighted by Crippen LogP contribution is 2.46. The monoisotopic (exact) mass is 553 g/mol. The summed E-state index contributed by atoms with van der Waals surface area (Å²) in [7, 11) is 0. The largest absolute Gasteiger partial charge is 0.484 e. The fourth-order valence-electron chi connectivity index (χ4n) is 3.79. The van der Waals surface area contributed by atoms with Gasteiger partial charge in [-0.15, -0.1) is 0 Å². The predicted molar refractivity (Wildman–Crippen MR) is 138 cm³/mol. The first-order valence-corrected chi connectivity index (χ1v) is 12.5. The minimum absolute atomic E-state index is 0.0601. The molecule has 4 rings (SSSR count). The van der Waals surface area contributed by atoms with Crippen LogP contribution in [0.25, 0.3) is 0 Å². The lowest BCUT2D eigenvalue weighted by molar-refractivity contribution is -0.384. The maximum absolute atomic E-state index is 13.1. The van der Waals surface area contributed by atoms with E-state index < -0.39 is 40.1 Å². The molecule has 202 valence electrons. The number of esters is 2. The van der Waals surface area contributed by atoms with Crippen molar-refractivity contribution in [2.45, 2.75) is 31.9 Å². The number of amides is 2.